The minimum absolute atomic E-state index is 0.165. The van der Waals surface area contributed by atoms with Crippen molar-refractivity contribution in [1.82, 2.24) is 5.32 Å². The first-order valence-electron chi connectivity index (χ1n) is 6.62. The monoisotopic (exact) mass is 353 g/mol. The molecule has 2 N–H and O–H groups in total. The van der Waals surface area contributed by atoms with Crippen molar-refractivity contribution in [3.05, 3.63) is 63.6 Å². The van der Waals surface area contributed by atoms with Gasteiger partial charge >= 0.3 is 5.97 Å². The van der Waals surface area contributed by atoms with Crippen molar-refractivity contribution in [2.75, 3.05) is 6.61 Å². The zero-order valence-corrected chi connectivity index (χ0v) is 13.4. The Labute approximate surface area is 142 Å². The molecule has 0 saturated carbocycles. The average molecular weight is 354 g/mol. The Bertz CT molecular complexity index is 734. The number of nitrogens with one attached hydrogen (secondary N) is 1. The Hall–Kier alpha value is -2.24. The summed E-state index contributed by atoms with van der Waals surface area (Å²) < 4.78 is 5.31. The van der Waals surface area contributed by atoms with E-state index in [0.717, 1.165) is 0 Å². The summed E-state index contributed by atoms with van der Waals surface area (Å²) in [7, 11) is 0. The molecule has 1 amide bonds. The Morgan fingerprint density at radius 1 is 1.13 bits per heavy atom. The fourth-order valence-electron chi connectivity index (χ4n) is 1.80. The minimum Gasteiger partial charge on any atom is -0.482 e. The number of aromatic carboxylic acids is 1. The molecule has 0 radical (unpaired) electrons. The van der Waals surface area contributed by atoms with Gasteiger partial charge in [0.05, 0.1) is 10.6 Å². The van der Waals surface area contributed by atoms with E-state index in [0.29, 0.717) is 21.4 Å². The van der Waals surface area contributed by atoms with Gasteiger partial charge in [0.15, 0.2) is 6.61 Å². The normalized spacial score (nSPS) is 10.2. The van der Waals surface area contributed by atoms with E-state index in [4.69, 9.17) is 33.0 Å². The minimum atomic E-state index is -1.02. The molecule has 0 saturated heterocycles. The highest BCUT2D eigenvalue weighted by Gasteiger charge is 2.08. The molecular formula is C16H13Cl2NO4. The molecule has 2 aromatic rings. The molecule has 23 heavy (non-hydrogen) atoms. The van der Waals surface area contributed by atoms with E-state index >= 15 is 0 Å². The number of carboxylic acids is 1. The highest BCUT2D eigenvalue weighted by molar-refractivity contribution is 6.34. The predicted octanol–water partition coefficient (Wildman–Crippen LogP) is 3.39. The Kier molecular flexibility index (Phi) is 5.84. The number of carboxylic acid groups (broad SMARTS) is 1. The first kappa shape index (κ1) is 17.1. The van der Waals surface area contributed by atoms with E-state index in [9.17, 15) is 9.59 Å². The van der Waals surface area contributed by atoms with Crippen LogP contribution in [0.3, 0.4) is 0 Å². The summed E-state index contributed by atoms with van der Waals surface area (Å²) in [5, 5.41) is 12.4. The number of halogens is 2. The molecule has 5 nitrogen and oxygen atoms in total. The summed E-state index contributed by atoms with van der Waals surface area (Å²) in [6, 6.07) is 11.0. The number of hydrogen-bond acceptors (Lipinski definition) is 3. The average Bonchev–Trinajstić information content (AvgIpc) is 2.54. The number of benzene rings is 2. The van der Waals surface area contributed by atoms with Crippen LogP contribution in [0.1, 0.15) is 15.9 Å². The highest BCUT2D eigenvalue weighted by Crippen LogP contribution is 2.27. The second kappa shape index (κ2) is 7.85. The van der Waals surface area contributed by atoms with Crippen molar-refractivity contribution in [3.8, 4) is 5.75 Å². The number of amides is 1. The highest BCUT2D eigenvalue weighted by atomic mass is 35.5. The van der Waals surface area contributed by atoms with E-state index in [1.54, 1.807) is 24.3 Å². The molecular weight excluding hydrogens is 341 g/mol. The van der Waals surface area contributed by atoms with Crippen LogP contribution >= 0.6 is 23.2 Å². The third-order valence-corrected chi connectivity index (χ3v) is 3.46. The molecule has 0 spiro atoms. The van der Waals surface area contributed by atoms with Gasteiger partial charge < -0.3 is 15.2 Å². The quantitative estimate of drug-likeness (QED) is 0.834. The van der Waals surface area contributed by atoms with Gasteiger partial charge in [-0.2, -0.15) is 0 Å². The van der Waals surface area contributed by atoms with Crippen molar-refractivity contribution < 1.29 is 19.4 Å². The third kappa shape index (κ3) is 5.16. The largest absolute Gasteiger partial charge is 0.482 e. The fourth-order valence-corrected chi connectivity index (χ4v) is 2.13. The first-order valence-corrected chi connectivity index (χ1v) is 7.38. The smallest absolute Gasteiger partial charge is 0.335 e. The molecule has 0 aliphatic heterocycles. The maximum atomic E-state index is 11.8. The van der Waals surface area contributed by atoms with Crippen LogP contribution < -0.4 is 10.1 Å². The van der Waals surface area contributed by atoms with E-state index in [-0.39, 0.29) is 24.6 Å². The predicted molar refractivity (Wildman–Crippen MR) is 87.2 cm³/mol. The summed E-state index contributed by atoms with van der Waals surface area (Å²) >= 11 is 11.8. The second-order valence-electron chi connectivity index (χ2n) is 4.65. The number of hydrogen-bond donors (Lipinski definition) is 2. The van der Waals surface area contributed by atoms with Crippen molar-refractivity contribution in [2.24, 2.45) is 0 Å². The van der Waals surface area contributed by atoms with E-state index in [2.05, 4.69) is 5.32 Å². The zero-order valence-electron chi connectivity index (χ0n) is 11.9. The standard InChI is InChI=1S/C16H13Cl2NO4/c17-12-4-5-13(18)14(7-12)23-9-15(20)19-8-10-2-1-3-11(6-10)16(21)22/h1-7H,8-9H2,(H,19,20)(H,21,22). The summed E-state index contributed by atoms with van der Waals surface area (Å²) in [5.41, 5.74) is 0.845. The van der Waals surface area contributed by atoms with Gasteiger partial charge in [-0.25, -0.2) is 4.79 Å². The molecule has 7 heteroatoms. The number of carbonyl (C=O) groups excluding carboxylic acids is 1. The Morgan fingerprint density at radius 2 is 1.91 bits per heavy atom. The van der Waals surface area contributed by atoms with Crippen LogP contribution in [-0.4, -0.2) is 23.6 Å². The molecule has 0 aromatic heterocycles. The number of rotatable bonds is 6. The van der Waals surface area contributed by atoms with Crippen molar-refractivity contribution in [2.45, 2.75) is 6.54 Å². The summed E-state index contributed by atoms with van der Waals surface area (Å²) in [6.45, 7) is -0.0225. The molecule has 0 unspecified atom stereocenters. The van der Waals surface area contributed by atoms with Gasteiger partial charge in [-0.1, -0.05) is 35.3 Å². The number of carbonyl (C=O) groups is 2. The lowest BCUT2D eigenvalue weighted by Crippen LogP contribution is -2.28. The van der Waals surface area contributed by atoms with Crippen LogP contribution in [0, 0.1) is 0 Å². The fraction of sp³-hybridized carbons (Fsp3) is 0.125. The maximum absolute atomic E-state index is 11.8. The zero-order chi connectivity index (χ0) is 16.8. The second-order valence-corrected chi connectivity index (χ2v) is 5.49. The van der Waals surface area contributed by atoms with Crippen LogP contribution in [0.25, 0.3) is 0 Å². The van der Waals surface area contributed by atoms with Crippen LogP contribution in [0.15, 0.2) is 42.5 Å². The lowest BCUT2D eigenvalue weighted by molar-refractivity contribution is -0.123. The molecule has 0 bridgehead atoms. The molecule has 0 atom stereocenters. The molecule has 0 aliphatic carbocycles. The van der Waals surface area contributed by atoms with Gasteiger partial charge in [0, 0.05) is 17.6 Å². The van der Waals surface area contributed by atoms with Crippen LogP contribution in [0.2, 0.25) is 10.0 Å². The topological polar surface area (TPSA) is 75.6 Å². The number of ether oxygens (including phenoxy) is 1. The first-order chi connectivity index (χ1) is 11.0. The van der Waals surface area contributed by atoms with Crippen LogP contribution in [0.4, 0.5) is 0 Å². The SMILES string of the molecule is O=C(COc1cc(Cl)ccc1Cl)NCc1cccc(C(=O)O)c1. The molecule has 0 heterocycles. The van der Waals surface area contributed by atoms with Gasteiger partial charge in [0.1, 0.15) is 5.75 Å². The molecule has 2 rings (SSSR count). The van der Waals surface area contributed by atoms with Gasteiger partial charge in [-0.3, -0.25) is 4.79 Å². The Balaban J connectivity index is 1.87. The maximum Gasteiger partial charge on any atom is 0.335 e. The van der Waals surface area contributed by atoms with Crippen molar-refractivity contribution >= 4 is 35.1 Å². The summed E-state index contributed by atoms with van der Waals surface area (Å²) in [5.74, 6) is -1.05. The molecule has 0 fully saturated rings. The molecule has 120 valence electrons. The van der Waals surface area contributed by atoms with Gasteiger partial charge in [-0.15, -0.1) is 0 Å². The van der Waals surface area contributed by atoms with Crippen LogP contribution in [-0.2, 0) is 11.3 Å². The van der Waals surface area contributed by atoms with Crippen molar-refractivity contribution in [3.63, 3.8) is 0 Å². The van der Waals surface area contributed by atoms with Gasteiger partial charge in [0.2, 0.25) is 0 Å². The van der Waals surface area contributed by atoms with Gasteiger partial charge in [0.25, 0.3) is 5.91 Å². The summed E-state index contributed by atoms with van der Waals surface area (Å²) in [4.78, 5) is 22.7. The lowest BCUT2D eigenvalue weighted by atomic mass is 10.1. The Morgan fingerprint density at radius 3 is 2.65 bits per heavy atom. The van der Waals surface area contributed by atoms with E-state index < -0.39 is 5.97 Å². The lowest BCUT2D eigenvalue weighted by Gasteiger charge is -2.09. The van der Waals surface area contributed by atoms with Crippen molar-refractivity contribution in [1.29, 1.82) is 0 Å². The molecule has 2 aromatic carbocycles. The van der Waals surface area contributed by atoms with Gasteiger partial charge in [-0.05, 0) is 29.8 Å². The van der Waals surface area contributed by atoms with E-state index in [1.807, 2.05) is 0 Å². The van der Waals surface area contributed by atoms with Crippen LogP contribution in [0.5, 0.6) is 5.75 Å². The summed E-state index contributed by atoms with van der Waals surface area (Å²) in [6.07, 6.45) is 0. The third-order valence-electron chi connectivity index (χ3n) is 2.92. The van der Waals surface area contributed by atoms with E-state index in [1.165, 1.54) is 18.2 Å². The molecule has 0 aliphatic rings.